The third-order valence-electron chi connectivity index (χ3n) is 7.01. The minimum absolute atomic E-state index is 0.106. The SMILES string of the molecule is C[C@@H](C(=O)NC1CCCCC1)N(Cc1cccc(Cl)c1)C(=O)CCCN1C(=O)c2ccccc2C1=O. The van der Waals surface area contributed by atoms with E-state index in [9.17, 15) is 19.2 Å². The van der Waals surface area contributed by atoms with E-state index in [4.69, 9.17) is 11.6 Å². The molecule has 7 nitrogen and oxygen atoms in total. The Balaban J connectivity index is 1.41. The molecule has 0 saturated heterocycles. The van der Waals surface area contributed by atoms with Crippen LogP contribution in [0.3, 0.4) is 0 Å². The Labute approximate surface area is 216 Å². The first-order valence-electron chi connectivity index (χ1n) is 12.6. The Hall–Kier alpha value is -3.19. The quantitative estimate of drug-likeness (QED) is 0.501. The average Bonchev–Trinajstić information content (AvgIpc) is 3.12. The number of rotatable bonds is 9. The van der Waals surface area contributed by atoms with Gasteiger partial charge in [0, 0.05) is 30.6 Å². The van der Waals surface area contributed by atoms with Crippen LogP contribution in [-0.4, -0.2) is 52.1 Å². The van der Waals surface area contributed by atoms with Gasteiger partial charge in [-0.2, -0.15) is 0 Å². The van der Waals surface area contributed by atoms with Gasteiger partial charge in [-0.3, -0.25) is 24.1 Å². The van der Waals surface area contributed by atoms with Crippen LogP contribution >= 0.6 is 11.6 Å². The number of benzene rings is 2. The Morgan fingerprint density at radius 2 is 1.69 bits per heavy atom. The molecule has 4 amide bonds. The predicted molar refractivity (Wildman–Crippen MR) is 138 cm³/mol. The van der Waals surface area contributed by atoms with Crippen molar-refractivity contribution in [2.75, 3.05) is 6.54 Å². The van der Waals surface area contributed by atoms with Crippen molar-refractivity contribution in [3.05, 3.63) is 70.2 Å². The van der Waals surface area contributed by atoms with Gasteiger partial charge in [-0.25, -0.2) is 0 Å². The van der Waals surface area contributed by atoms with E-state index in [1.807, 2.05) is 12.1 Å². The molecular weight excluding hydrogens is 478 g/mol. The Kier molecular flexibility index (Phi) is 8.41. The molecule has 0 unspecified atom stereocenters. The van der Waals surface area contributed by atoms with E-state index in [-0.39, 0.29) is 49.2 Å². The molecule has 0 spiro atoms. The first-order chi connectivity index (χ1) is 17.3. The van der Waals surface area contributed by atoms with E-state index in [2.05, 4.69) is 5.32 Å². The van der Waals surface area contributed by atoms with Crippen molar-refractivity contribution in [3.63, 3.8) is 0 Å². The zero-order chi connectivity index (χ0) is 25.7. The van der Waals surface area contributed by atoms with Gasteiger partial charge in [0.05, 0.1) is 11.1 Å². The van der Waals surface area contributed by atoms with Crippen LogP contribution in [-0.2, 0) is 16.1 Å². The average molecular weight is 510 g/mol. The second-order valence-electron chi connectivity index (χ2n) is 9.58. The maximum Gasteiger partial charge on any atom is 0.261 e. The normalized spacial score (nSPS) is 16.6. The standard InChI is InChI=1S/C28H32ClN3O4/c1-19(26(34)30-22-11-3-2-4-12-22)32(18-20-9-7-10-21(29)17-20)25(33)15-8-16-31-27(35)23-13-5-6-14-24(23)28(31)36/h5-7,9-10,13-14,17,19,22H,2-4,8,11-12,15-16,18H2,1H3,(H,30,34)/t19-/m0/s1. The van der Waals surface area contributed by atoms with Crippen molar-refractivity contribution in [1.82, 2.24) is 15.1 Å². The lowest BCUT2D eigenvalue weighted by Gasteiger charge is -2.31. The van der Waals surface area contributed by atoms with Crippen molar-refractivity contribution < 1.29 is 19.2 Å². The summed E-state index contributed by atoms with van der Waals surface area (Å²) in [7, 11) is 0. The number of nitrogens with zero attached hydrogens (tertiary/aromatic N) is 2. The smallest absolute Gasteiger partial charge is 0.261 e. The van der Waals surface area contributed by atoms with Gasteiger partial charge >= 0.3 is 0 Å². The van der Waals surface area contributed by atoms with Crippen LogP contribution in [0.4, 0.5) is 0 Å². The highest BCUT2D eigenvalue weighted by Crippen LogP contribution is 2.23. The van der Waals surface area contributed by atoms with Gasteiger partial charge in [-0.1, -0.05) is 55.1 Å². The molecular formula is C28H32ClN3O4. The molecule has 1 heterocycles. The number of fused-ring (bicyclic) bond motifs is 1. The van der Waals surface area contributed by atoms with Crippen molar-refractivity contribution >= 4 is 35.2 Å². The van der Waals surface area contributed by atoms with E-state index >= 15 is 0 Å². The summed E-state index contributed by atoms with van der Waals surface area (Å²) < 4.78 is 0. The highest BCUT2D eigenvalue weighted by Gasteiger charge is 2.35. The first kappa shape index (κ1) is 25.9. The van der Waals surface area contributed by atoms with E-state index in [1.165, 1.54) is 11.3 Å². The molecule has 2 aromatic carbocycles. The maximum absolute atomic E-state index is 13.4. The van der Waals surface area contributed by atoms with Crippen LogP contribution in [0, 0.1) is 0 Å². The van der Waals surface area contributed by atoms with Crippen LogP contribution in [0.1, 0.15) is 78.1 Å². The van der Waals surface area contributed by atoms with E-state index in [1.54, 1.807) is 48.2 Å². The van der Waals surface area contributed by atoms with Crippen molar-refractivity contribution in [2.45, 2.75) is 70.5 Å². The number of halogens is 1. The molecule has 1 aliphatic heterocycles. The molecule has 1 aliphatic carbocycles. The van der Waals surface area contributed by atoms with Gasteiger partial charge in [-0.15, -0.1) is 0 Å². The summed E-state index contributed by atoms with van der Waals surface area (Å²) >= 11 is 6.15. The Morgan fingerprint density at radius 3 is 2.33 bits per heavy atom. The molecule has 1 saturated carbocycles. The van der Waals surface area contributed by atoms with Crippen LogP contribution in [0.15, 0.2) is 48.5 Å². The summed E-state index contributed by atoms with van der Waals surface area (Å²) in [5, 5.41) is 3.68. The first-order valence-corrected chi connectivity index (χ1v) is 13.0. The summed E-state index contributed by atoms with van der Waals surface area (Å²) in [4.78, 5) is 54.4. The van der Waals surface area contributed by atoms with Crippen LogP contribution in [0.25, 0.3) is 0 Å². The van der Waals surface area contributed by atoms with Crippen molar-refractivity contribution in [1.29, 1.82) is 0 Å². The molecule has 2 aromatic rings. The number of carbonyl (C=O) groups excluding carboxylic acids is 4. The lowest BCUT2D eigenvalue weighted by molar-refractivity contribution is -0.141. The predicted octanol–water partition coefficient (Wildman–Crippen LogP) is 4.58. The lowest BCUT2D eigenvalue weighted by Crippen LogP contribution is -2.50. The number of carbonyl (C=O) groups is 4. The molecule has 36 heavy (non-hydrogen) atoms. The number of hydrogen-bond acceptors (Lipinski definition) is 4. The van der Waals surface area contributed by atoms with Gasteiger partial charge in [-0.05, 0) is 56.0 Å². The lowest BCUT2D eigenvalue weighted by atomic mass is 9.95. The van der Waals surface area contributed by atoms with E-state index in [0.29, 0.717) is 22.6 Å². The summed E-state index contributed by atoms with van der Waals surface area (Å²) in [6.45, 7) is 2.13. The fraction of sp³-hybridized carbons (Fsp3) is 0.429. The molecule has 1 fully saturated rings. The minimum Gasteiger partial charge on any atom is -0.352 e. The molecule has 2 aliphatic rings. The Bertz CT molecular complexity index is 1110. The topological polar surface area (TPSA) is 86.8 Å². The molecule has 0 aromatic heterocycles. The fourth-order valence-electron chi connectivity index (χ4n) is 4.96. The van der Waals surface area contributed by atoms with Gasteiger partial charge < -0.3 is 10.2 Å². The fourth-order valence-corrected chi connectivity index (χ4v) is 5.17. The molecule has 4 rings (SSSR count). The second kappa shape index (κ2) is 11.7. The highest BCUT2D eigenvalue weighted by molar-refractivity contribution is 6.30. The third kappa shape index (κ3) is 5.95. The molecule has 0 bridgehead atoms. The largest absolute Gasteiger partial charge is 0.352 e. The summed E-state index contributed by atoms with van der Waals surface area (Å²) in [6, 6.07) is 13.4. The number of imide groups is 1. The van der Waals surface area contributed by atoms with Crippen LogP contribution in [0.5, 0.6) is 0 Å². The number of nitrogens with one attached hydrogen (secondary N) is 1. The second-order valence-corrected chi connectivity index (χ2v) is 10.0. The van der Waals surface area contributed by atoms with Gasteiger partial charge in [0.1, 0.15) is 6.04 Å². The maximum atomic E-state index is 13.4. The Morgan fingerprint density at radius 1 is 1.03 bits per heavy atom. The van der Waals surface area contributed by atoms with E-state index < -0.39 is 6.04 Å². The molecule has 0 radical (unpaired) electrons. The zero-order valence-corrected chi connectivity index (χ0v) is 21.3. The monoisotopic (exact) mass is 509 g/mol. The van der Waals surface area contributed by atoms with Crippen molar-refractivity contribution in [2.24, 2.45) is 0 Å². The number of hydrogen-bond donors (Lipinski definition) is 1. The summed E-state index contributed by atoms with van der Waals surface area (Å²) in [5.74, 6) is -1.05. The summed E-state index contributed by atoms with van der Waals surface area (Å²) in [6.07, 6.45) is 5.73. The van der Waals surface area contributed by atoms with Crippen LogP contribution in [0.2, 0.25) is 5.02 Å². The highest BCUT2D eigenvalue weighted by atomic mass is 35.5. The number of amides is 4. The zero-order valence-electron chi connectivity index (χ0n) is 20.5. The molecule has 1 N–H and O–H groups in total. The van der Waals surface area contributed by atoms with Gasteiger partial charge in [0.25, 0.3) is 11.8 Å². The third-order valence-corrected chi connectivity index (χ3v) is 7.25. The van der Waals surface area contributed by atoms with Gasteiger partial charge in [0.15, 0.2) is 0 Å². The molecule has 8 heteroatoms. The van der Waals surface area contributed by atoms with Gasteiger partial charge in [0.2, 0.25) is 11.8 Å². The molecule has 1 atom stereocenters. The molecule has 190 valence electrons. The summed E-state index contributed by atoms with van der Waals surface area (Å²) in [5.41, 5.74) is 1.61. The van der Waals surface area contributed by atoms with E-state index in [0.717, 1.165) is 31.2 Å². The van der Waals surface area contributed by atoms with Crippen LogP contribution < -0.4 is 5.32 Å². The van der Waals surface area contributed by atoms with Crippen molar-refractivity contribution in [3.8, 4) is 0 Å². The minimum atomic E-state index is -0.669.